The molecule has 14 nitrogen and oxygen atoms in total. The zero-order valence-electron chi connectivity index (χ0n) is 35.9. The molecular weight excluding hydrogens is 761 g/mol. The first-order chi connectivity index (χ1) is 29.0. The Morgan fingerprint density at radius 2 is 0.983 bits per heavy atom. The average Bonchev–Trinajstić information content (AvgIpc) is 3.76. The predicted octanol–water partition coefficient (Wildman–Crippen LogP) is 5.74. The minimum Gasteiger partial charge on any atom is -0.349 e. The second-order valence-electron chi connectivity index (χ2n) is 18.4. The van der Waals surface area contributed by atoms with Crippen LogP contribution in [0.1, 0.15) is 124 Å². The Morgan fingerprint density at radius 3 is 1.32 bits per heavy atom. The molecule has 60 heavy (non-hydrogen) atoms. The van der Waals surface area contributed by atoms with Crippen molar-refractivity contribution >= 4 is 35.1 Å². The quantitative estimate of drug-likeness (QED) is 0.226. The highest BCUT2D eigenvalue weighted by Crippen LogP contribution is 2.38. The van der Waals surface area contributed by atoms with Gasteiger partial charge in [0.15, 0.2) is 0 Å². The van der Waals surface area contributed by atoms with Crippen molar-refractivity contribution in [2.45, 2.75) is 129 Å². The van der Waals surface area contributed by atoms with Crippen LogP contribution in [-0.4, -0.2) is 107 Å². The van der Waals surface area contributed by atoms with Crippen molar-refractivity contribution in [3.05, 3.63) is 70.8 Å². The summed E-state index contributed by atoms with van der Waals surface area (Å²) in [6, 6.07) is 11.1. The van der Waals surface area contributed by atoms with Crippen LogP contribution in [0.5, 0.6) is 0 Å². The molecule has 2 aliphatic carbocycles. The van der Waals surface area contributed by atoms with Gasteiger partial charge in [-0.1, -0.05) is 37.1 Å². The SMILES string of the molecule is CC(C)N1Cc2cccc(C(=O)NC3CCN(CC4CCC4)CC3)c2N1OC(=O)/C=C/C(=O)ON1c2c(cccc2C(=O)NC2CCN(CC3CCC3)CC2)CN1C(C)C. The number of piperidine rings is 2. The van der Waals surface area contributed by atoms with Gasteiger partial charge in [0.25, 0.3) is 11.8 Å². The Hall–Kier alpha value is -4.50. The number of carbonyl (C=O) groups is 4. The summed E-state index contributed by atoms with van der Waals surface area (Å²) in [5, 5.41) is 13.1. The topological polar surface area (TPSA) is 130 Å². The largest absolute Gasteiger partial charge is 0.358 e. The van der Waals surface area contributed by atoms with Gasteiger partial charge in [-0.2, -0.15) is 10.0 Å². The average molecular weight is 825 g/mol. The first-order valence-electron chi connectivity index (χ1n) is 22.6. The minimum absolute atomic E-state index is 0.0662. The van der Waals surface area contributed by atoms with E-state index >= 15 is 0 Å². The number of para-hydroxylation sites is 2. The number of likely N-dealkylation sites (tertiary alicyclic amines) is 2. The van der Waals surface area contributed by atoms with E-state index in [-0.39, 0.29) is 36.0 Å². The minimum atomic E-state index is -0.805. The van der Waals surface area contributed by atoms with E-state index in [1.807, 2.05) is 62.0 Å². The van der Waals surface area contributed by atoms with Crippen LogP contribution in [0.15, 0.2) is 48.6 Å². The zero-order chi connectivity index (χ0) is 41.9. The van der Waals surface area contributed by atoms with E-state index in [2.05, 4.69) is 20.4 Å². The van der Waals surface area contributed by atoms with Crippen molar-refractivity contribution in [1.82, 2.24) is 30.5 Å². The van der Waals surface area contributed by atoms with Crippen LogP contribution < -0.4 is 21.0 Å². The molecule has 0 atom stereocenters. The maximum atomic E-state index is 13.8. The molecule has 0 bridgehead atoms. The van der Waals surface area contributed by atoms with Crippen LogP contribution in [0.25, 0.3) is 0 Å². The predicted molar refractivity (Wildman–Crippen MR) is 229 cm³/mol. The van der Waals surface area contributed by atoms with Crippen LogP contribution in [0, 0.1) is 11.8 Å². The van der Waals surface area contributed by atoms with E-state index in [1.54, 1.807) is 12.1 Å². The Labute approximate surface area is 355 Å². The van der Waals surface area contributed by atoms with Crippen LogP contribution >= 0.6 is 0 Å². The highest BCUT2D eigenvalue weighted by molar-refractivity contribution is 6.02. The highest BCUT2D eigenvalue weighted by atomic mass is 16.8. The molecule has 324 valence electrons. The summed E-state index contributed by atoms with van der Waals surface area (Å²) in [6.07, 6.45) is 13.7. The van der Waals surface area contributed by atoms with Gasteiger partial charge in [0.05, 0.1) is 11.1 Å². The molecule has 8 rings (SSSR count). The van der Waals surface area contributed by atoms with Crippen LogP contribution in [0.3, 0.4) is 0 Å². The standard InChI is InChI=1S/C46H64N8O6/c1-31(2)51-29-35-13-7-15-39(45(57)47-37-19-23-49(24-20-37)27-33-9-5-10-33)43(35)53(51)59-41(55)17-18-42(56)60-54-44-36(30-52(54)32(3)4)14-8-16-40(44)46(58)48-38-21-25-50(26-22-38)28-34-11-6-12-34/h7-8,13-18,31-34,37-38H,5-6,9-12,19-30H2,1-4H3,(H,47,57)(H,48,58)/b18-17+. The number of carbonyl (C=O) groups excluding carboxylic acids is 4. The Morgan fingerprint density at radius 1 is 0.600 bits per heavy atom. The molecule has 4 aliphatic heterocycles. The first kappa shape index (κ1) is 42.2. The van der Waals surface area contributed by atoms with Crippen LogP contribution in [-0.2, 0) is 32.4 Å². The summed E-state index contributed by atoms with van der Waals surface area (Å²) in [5.74, 6) is -0.361. The maximum Gasteiger partial charge on any atom is 0.358 e. The number of benzene rings is 2. The van der Waals surface area contributed by atoms with E-state index in [9.17, 15) is 19.2 Å². The Balaban J connectivity index is 0.903. The van der Waals surface area contributed by atoms with Gasteiger partial charge >= 0.3 is 11.9 Å². The summed E-state index contributed by atoms with van der Waals surface area (Å²) in [7, 11) is 0. The summed E-state index contributed by atoms with van der Waals surface area (Å²) in [4.78, 5) is 71.5. The second kappa shape index (κ2) is 18.6. The summed E-state index contributed by atoms with van der Waals surface area (Å²) in [6.45, 7) is 15.1. The third kappa shape index (κ3) is 9.51. The summed E-state index contributed by atoms with van der Waals surface area (Å²) >= 11 is 0. The van der Waals surface area contributed by atoms with Crippen molar-refractivity contribution in [3.8, 4) is 0 Å². The number of fused-ring (bicyclic) bond motifs is 2. The van der Waals surface area contributed by atoms with Gasteiger partial charge in [0.1, 0.15) is 11.4 Å². The van der Waals surface area contributed by atoms with Crippen LogP contribution in [0.2, 0.25) is 0 Å². The van der Waals surface area contributed by atoms with Crippen molar-refractivity contribution in [3.63, 3.8) is 0 Å². The molecule has 2 aromatic carbocycles. The third-order valence-corrected chi connectivity index (χ3v) is 13.5. The number of hydrogen-bond donors (Lipinski definition) is 2. The number of amides is 2. The summed E-state index contributed by atoms with van der Waals surface area (Å²) < 4.78 is 0. The van der Waals surface area contributed by atoms with Gasteiger partial charge in [-0.25, -0.2) is 9.59 Å². The number of nitrogens with zero attached hydrogens (tertiary/aromatic N) is 6. The molecule has 0 unspecified atom stereocenters. The lowest BCUT2D eigenvalue weighted by molar-refractivity contribution is -0.149. The molecule has 2 N–H and O–H groups in total. The molecule has 0 spiro atoms. The van der Waals surface area contributed by atoms with Gasteiger partial charge in [-0.15, -0.1) is 10.3 Å². The fourth-order valence-electron chi connectivity index (χ4n) is 9.47. The molecule has 14 heteroatoms. The van der Waals surface area contributed by atoms with E-state index in [4.69, 9.17) is 9.68 Å². The number of nitrogens with one attached hydrogen (secondary N) is 2. The van der Waals surface area contributed by atoms with E-state index < -0.39 is 11.9 Å². The van der Waals surface area contributed by atoms with E-state index in [0.29, 0.717) is 35.6 Å². The van der Waals surface area contributed by atoms with Gasteiger partial charge in [0, 0.05) is 88.7 Å². The molecule has 4 heterocycles. The van der Waals surface area contributed by atoms with Crippen molar-refractivity contribution in [2.24, 2.45) is 11.8 Å². The van der Waals surface area contributed by atoms with Crippen molar-refractivity contribution in [2.75, 3.05) is 49.6 Å². The fourth-order valence-corrected chi connectivity index (χ4v) is 9.47. The molecule has 6 aliphatic rings. The van der Waals surface area contributed by atoms with Crippen LogP contribution in [0.4, 0.5) is 11.4 Å². The number of rotatable bonds is 14. The number of hydrazine groups is 2. The van der Waals surface area contributed by atoms with Gasteiger partial charge < -0.3 is 30.1 Å². The Bertz CT molecular complexity index is 1780. The molecule has 2 amide bonds. The number of hydrogen-bond acceptors (Lipinski definition) is 12. The fraction of sp³-hybridized carbons (Fsp3) is 0.609. The molecule has 0 aromatic heterocycles. The normalized spacial score (nSPS) is 21.3. The second-order valence-corrected chi connectivity index (χ2v) is 18.4. The smallest absolute Gasteiger partial charge is 0.349 e. The number of anilines is 2. The molecular formula is C46H64N8O6. The van der Waals surface area contributed by atoms with Gasteiger partial charge in [-0.05, 0) is 114 Å². The van der Waals surface area contributed by atoms with Gasteiger partial charge in [0.2, 0.25) is 0 Å². The van der Waals surface area contributed by atoms with Crippen molar-refractivity contribution in [1.29, 1.82) is 0 Å². The lowest BCUT2D eigenvalue weighted by Gasteiger charge is -2.37. The maximum absolute atomic E-state index is 13.8. The molecule has 2 saturated carbocycles. The molecule has 4 fully saturated rings. The Kier molecular flexibility index (Phi) is 13.1. The van der Waals surface area contributed by atoms with E-state index in [0.717, 1.165) is 100 Å². The highest BCUT2D eigenvalue weighted by Gasteiger charge is 2.38. The van der Waals surface area contributed by atoms with Gasteiger partial charge in [-0.3, -0.25) is 9.59 Å². The monoisotopic (exact) mass is 824 g/mol. The molecule has 0 radical (unpaired) electrons. The first-order valence-corrected chi connectivity index (χ1v) is 22.6. The van der Waals surface area contributed by atoms with E-state index in [1.165, 1.54) is 48.9 Å². The molecule has 2 aromatic rings. The zero-order valence-corrected chi connectivity index (χ0v) is 35.9. The lowest BCUT2D eigenvalue weighted by atomic mass is 9.84. The third-order valence-electron chi connectivity index (χ3n) is 13.5. The summed E-state index contributed by atoms with van der Waals surface area (Å²) in [5.41, 5.74) is 3.61. The lowest BCUT2D eigenvalue weighted by Crippen LogP contribution is -2.47. The molecule has 2 saturated heterocycles. The van der Waals surface area contributed by atoms with Crippen molar-refractivity contribution < 1.29 is 28.9 Å².